The largest absolute Gasteiger partial charge is 0.496 e. The summed E-state index contributed by atoms with van der Waals surface area (Å²) in [5.41, 5.74) is 1.33. The highest BCUT2D eigenvalue weighted by atomic mass is 79.9. The molecule has 0 atom stereocenters. The minimum atomic E-state index is -0.641. The number of carbonyl (C=O) groups excluding carboxylic acids is 4. The van der Waals surface area contributed by atoms with Crippen LogP contribution < -0.4 is 9.47 Å². The summed E-state index contributed by atoms with van der Waals surface area (Å²) in [6.07, 6.45) is 2.88. The van der Waals surface area contributed by atoms with E-state index in [1.165, 1.54) is 25.2 Å². The molecule has 4 rings (SSSR count). The number of nitrogens with zero attached hydrogens (tertiary/aromatic N) is 1. The second-order valence-corrected chi connectivity index (χ2v) is 7.75. The lowest BCUT2D eigenvalue weighted by atomic mass is 10.1. The van der Waals surface area contributed by atoms with E-state index in [9.17, 15) is 19.2 Å². The van der Waals surface area contributed by atoms with E-state index in [4.69, 9.17) is 9.47 Å². The zero-order valence-corrected chi connectivity index (χ0v) is 19.3. The van der Waals surface area contributed by atoms with Gasteiger partial charge in [-0.2, -0.15) is 0 Å². The molecule has 2 amide bonds. The molecule has 0 aromatic heterocycles. The van der Waals surface area contributed by atoms with E-state index >= 15 is 0 Å². The molecule has 0 N–H and O–H groups in total. The molecule has 2 heterocycles. The number of carbonyl (C=O) groups is 4. The first-order valence-corrected chi connectivity index (χ1v) is 11.1. The lowest BCUT2D eigenvalue weighted by molar-refractivity contribution is 0.0441. The Hall–Kier alpha value is -3.20. The van der Waals surface area contributed by atoms with Gasteiger partial charge in [0.15, 0.2) is 0 Å². The van der Waals surface area contributed by atoms with Crippen molar-refractivity contribution in [2.75, 3.05) is 26.1 Å². The van der Waals surface area contributed by atoms with E-state index in [0.29, 0.717) is 29.2 Å². The van der Waals surface area contributed by atoms with Crippen LogP contribution in [0.5, 0.6) is 11.5 Å². The summed E-state index contributed by atoms with van der Waals surface area (Å²) in [7, 11) is 2.94. The number of methoxy groups -OCH3 is 2. The number of unbranched alkanes of at least 4 members (excludes halogenated alkanes) is 2. The van der Waals surface area contributed by atoms with Crippen molar-refractivity contribution in [3.05, 3.63) is 58.7 Å². The van der Waals surface area contributed by atoms with Crippen molar-refractivity contribution in [3.8, 4) is 11.5 Å². The number of fused-ring (bicyclic) bond motifs is 2. The maximum atomic E-state index is 12.3. The Balaban J connectivity index is 0.000000193. The number of ether oxygens (including phenoxy) is 3. The molecule has 0 radical (unpaired) electrons. The summed E-state index contributed by atoms with van der Waals surface area (Å²) < 4.78 is 14.5. The average Bonchev–Trinajstić information content (AvgIpc) is 3.24. The molecule has 2 aromatic rings. The van der Waals surface area contributed by atoms with E-state index in [2.05, 4.69) is 20.7 Å². The van der Waals surface area contributed by atoms with Crippen LogP contribution in [0.4, 0.5) is 0 Å². The van der Waals surface area contributed by atoms with Crippen LogP contribution in [-0.2, 0) is 4.74 Å². The molecular formula is C23H22BrNO7. The molecule has 2 aliphatic heterocycles. The zero-order chi connectivity index (χ0) is 23.3. The van der Waals surface area contributed by atoms with Crippen LogP contribution >= 0.6 is 15.9 Å². The molecule has 2 aromatic carbocycles. The normalized spacial score (nSPS) is 13.9. The smallest absolute Gasteiger partial charge is 0.350 e. The number of amides is 2. The van der Waals surface area contributed by atoms with Gasteiger partial charge in [0.05, 0.1) is 30.9 Å². The second kappa shape index (κ2) is 10.4. The number of benzene rings is 2. The molecule has 0 bridgehead atoms. The molecule has 9 heteroatoms. The Morgan fingerprint density at radius 3 is 2.03 bits per heavy atom. The monoisotopic (exact) mass is 503 g/mol. The van der Waals surface area contributed by atoms with Gasteiger partial charge < -0.3 is 14.2 Å². The fraction of sp³-hybridized carbons (Fsp3) is 0.304. The zero-order valence-electron chi connectivity index (χ0n) is 17.7. The fourth-order valence-electron chi connectivity index (χ4n) is 3.49. The predicted molar refractivity (Wildman–Crippen MR) is 119 cm³/mol. The third-order valence-corrected chi connectivity index (χ3v) is 5.61. The summed E-state index contributed by atoms with van der Waals surface area (Å²) in [4.78, 5) is 47.9. The summed E-state index contributed by atoms with van der Waals surface area (Å²) in [5.74, 6) is -0.863. The number of imide groups is 1. The Morgan fingerprint density at radius 2 is 1.41 bits per heavy atom. The van der Waals surface area contributed by atoms with Crippen molar-refractivity contribution in [1.29, 1.82) is 0 Å². The first kappa shape index (κ1) is 23.5. The highest BCUT2D eigenvalue weighted by molar-refractivity contribution is 9.09. The van der Waals surface area contributed by atoms with Gasteiger partial charge in [-0.3, -0.25) is 14.5 Å². The van der Waals surface area contributed by atoms with Crippen molar-refractivity contribution in [2.45, 2.75) is 19.3 Å². The number of hydrogen-bond acceptors (Lipinski definition) is 7. The van der Waals surface area contributed by atoms with Crippen LogP contribution in [-0.4, -0.2) is 54.7 Å². The van der Waals surface area contributed by atoms with Gasteiger partial charge in [-0.25, -0.2) is 9.59 Å². The predicted octanol–water partition coefficient (Wildman–Crippen LogP) is 3.86. The molecule has 0 spiro atoms. The molecule has 0 unspecified atom stereocenters. The van der Waals surface area contributed by atoms with Gasteiger partial charge in [-0.1, -0.05) is 34.5 Å². The molecule has 8 nitrogen and oxygen atoms in total. The summed E-state index contributed by atoms with van der Waals surface area (Å²) in [6, 6.07) is 9.90. The maximum Gasteiger partial charge on any atom is 0.350 e. The van der Waals surface area contributed by atoms with Crippen molar-refractivity contribution >= 4 is 39.7 Å². The molecule has 0 fully saturated rings. The third kappa shape index (κ3) is 4.52. The molecule has 32 heavy (non-hydrogen) atoms. The highest BCUT2D eigenvalue weighted by Gasteiger charge is 2.37. The lowest BCUT2D eigenvalue weighted by Gasteiger charge is -2.13. The number of esters is 2. The Bertz CT molecular complexity index is 1070. The molecule has 2 aliphatic rings. The topological polar surface area (TPSA) is 99.2 Å². The molecular weight excluding hydrogens is 482 g/mol. The van der Waals surface area contributed by atoms with Gasteiger partial charge in [-0.15, -0.1) is 0 Å². The minimum absolute atomic E-state index is 0.210. The van der Waals surface area contributed by atoms with E-state index in [1.54, 1.807) is 30.3 Å². The van der Waals surface area contributed by atoms with E-state index in [-0.39, 0.29) is 22.9 Å². The van der Waals surface area contributed by atoms with Crippen molar-refractivity contribution in [2.24, 2.45) is 0 Å². The van der Waals surface area contributed by atoms with Gasteiger partial charge in [0, 0.05) is 11.9 Å². The SMILES string of the molecule is COc1cccc2c1C(=O)N(CCCCCBr)C2=O.COc1cccc2c1C(=O)OC2=O. The number of cyclic esters (lactones) is 2. The molecule has 168 valence electrons. The third-order valence-electron chi connectivity index (χ3n) is 5.05. The van der Waals surface area contributed by atoms with E-state index in [1.807, 2.05) is 0 Å². The maximum absolute atomic E-state index is 12.3. The van der Waals surface area contributed by atoms with Crippen molar-refractivity contribution < 1.29 is 33.4 Å². The van der Waals surface area contributed by atoms with Crippen LogP contribution in [0.2, 0.25) is 0 Å². The van der Waals surface area contributed by atoms with Crippen molar-refractivity contribution in [3.63, 3.8) is 0 Å². The van der Waals surface area contributed by atoms with Crippen LogP contribution in [0.3, 0.4) is 0 Å². The van der Waals surface area contributed by atoms with Gasteiger partial charge in [-0.05, 0) is 37.1 Å². The summed E-state index contributed by atoms with van der Waals surface area (Å²) in [5, 5.41) is 0.947. The van der Waals surface area contributed by atoms with Gasteiger partial charge in [0.1, 0.15) is 17.1 Å². The van der Waals surface area contributed by atoms with Crippen LogP contribution in [0, 0.1) is 0 Å². The van der Waals surface area contributed by atoms with Crippen LogP contribution in [0.25, 0.3) is 0 Å². The second-order valence-electron chi connectivity index (χ2n) is 6.95. The summed E-state index contributed by atoms with van der Waals surface area (Å²) >= 11 is 3.36. The average molecular weight is 504 g/mol. The quantitative estimate of drug-likeness (QED) is 0.186. The van der Waals surface area contributed by atoms with Crippen LogP contribution in [0.15, 0.2) is 36.4 Å². The van der Waals surface area contributed by atoms with Gasteiger partial charge in [0.2, 0.25) is 0 Å². The first-order chi connectivity index (χ1) is 15.4. The Morgan fingerprint density at radius 1 is 0.781 bits per heavy atom. The number of alkyl halides is 1. The number of hydrogen-bond donors (Lipinski definition) is 0. The van der Waals surface area contributed by atoms with Gasteiger partial charge in [0.25, 0.3) is 11.8 Å². The molecule has 0 saturated heterocycles. The first-order valence-electron chi connectivity index (χ1n) is 9.97. The molecule has 0 aliphatic carbocycles. The minimum Gasteiger partial charge on any atom is -0.496 e. The Labute approximate surface area is 193 Å². The van der Waals surface area contributed by atoms with E-state index < -0.39 is 11.9 Å². The Kier molecular flexibility index (Phi) is 7.63. The van der Waals surface area contributed by atoms with Crippen LogP contribution in [0.1, 0.15) is 60.7 Å². The molecule has 0 saturated carbocycles. The van der Waals surface area contributed by atoms with E-state index in [0.717, 1.165) is 24.6 Å². The summed E-state index contributed by atoms with van der Waals surface area (Å²) in [6.45, 7) is 0.475. The van der Waals surface area contributed by atoms with Gasteiger partial charge >= 0.3 is 11.9 Å². The van der Waals surface area contributed by atoms with Crippen molar-refractivity contribution in [1.82, 2.24) is 4.90 Å². The fourth-order valence-corrected chi connectivity index (χ4v) is 3.89. The number of halogens is 1. The highest BCUT2D eigenvalue weighted by Crippen LogP contribution is 2.31. The lowest BCUT2D eigenvalue weighted by Crippen LogP contribution is -2.30. The standard InChI is InChI=1S/C14H16BrNO3.C9H6O4/c1-19-11-7-5-6-10-12(11)14(18)16(13(10)17)9-4-2-3-8-15;1-12-6-4-2-3-5-7(6)9(11)13-8(5)10/h5-7H,2-4,8-9H2,1H3;2-4H,1H3. The number of rotatable bonds is 7.